The zero-order valence-corrected chi connectivity index (χ0v) is 20.6. The molecule has 3 N–H and O–H groups in total. The van der Waals surface area contributed by atoms with E-state index in [1.54, 1.807) is 0 Å². The van der Waals surface area contributed by atoms with Gasteiger partial charge in [-0.15, -0.1) is 0 Å². The molecule has 2 aliphatic heterocycles. The Hall–Kier alpha value is -3.48. The van der Waals surface area contributed by atoms with Crippen molar-refractivity contribution in [2.45, 2.75) is 45.5 Å². The van der Waals surface area contributed by atoms with Crippen molar-refractivity contribution in [2.75, 3.05) is 43.5 Å². The number of alkyl halides is 3. The molecule has 13 heteroatoms. The predicted octanol–water partition coefficient (Wildman–Crippen LogP) is 1.92. The van der Waals surface area contributed by atoms with Crippen LogP contribution in [0.3, 0.4) is 0 Å². The van der Waals surface area contributed by atoms with E-state index in [4.69, 9.17) is 15.6 Å². The van der Waals surface area contributed by atoms with Gasteiger partial charge in [-0.2, -0.15) is 13.2 Å². The second kappa shape index (κ2) is 10.6. The molecule has 2 aromatic heterocycles. The molecule has 1 saturated heterocycles. The molecular weight excluding hydrogens is 479 g/mol. The molecule has 2 aliphatic rings. The van der Waals surface area contributed by atoms with Crippen LogP contribution >= 0.6 is 0 Å². The third-order valence-corrected chi connectivity index (χ3v) is 6.16. The number of aliphatic carboxylic acids is 1. The monoisotopic (exact) mass is 509 g/mol. The lowest BCUT2D eigenvalue weighted by molar-refractivity contribution is -0.192. The first-order valence-corrected chi connectivity index (χ1v) is 11.4. The van der Waals surface area contributed by atoms with Gasteiger partial charge in [0.25, 0.3) is 5.91 Å². The molecule has 1 amide bonds. The summed E-state index contributed by atoms with van der Waals surface area (Å²) in [6.07, 6.45) is -1.50. The summed E-state index contributed by atoms with van der Waals surface area (Å²) in [6, 6.07) is 2.20. The third kappa shape index (κ3) is 6.01. The summed E-state index contributed by atoms with van der Waals surface area (Å²) in [6.45, 7) is 6.75. The largest absolute Gasteiger partial charge is 0.490 e. The number of carbonyl (C=O) groups excluding carboxylic acids is 1. The zero-order chi connectivity index (χ0) is 26.8. The fourth-order valence-corrected chi connectivity index (χ4v) is 4.15. The van der Waals surface area contributed by atoms with Gasteiger partial charge in [-0.25, -0.2) is 19.7 Å². The number of amides is 1. The first kappa shape index (κ1) is 27.1. The summed E-state index contributed by atoms with van der Waals surface area (Å²) in [7, 11) is 3.95. The van der Waals surface area contributed by atoms with Crippen LogP contribution in [0.2, 0.25) is 0 Å². The highest BCUT2D eigenvalue weighted by molar-refractivity contribution is 5.91. The second-order valence-corrected chi connectivity index (χ2v) is 9.02. The van der Waals surface area contributed by atoms with Gasteiger partial charge in [0.15, 0.2) is 0 Å². The SMILES string of the molecule is Cc1nc(C(=O)N2CCc3ccnc(N(C)C)c3C2)nc(N2CC[C@@H](N)C2)c1C.O=C(O)C(F)(F)F. The van der Waals surface area contributed by atoms with E-state index in [2.05, 4.69) is 19.9 Å². The van der Waals surface area contributed by atoms with E-state index in [0.717, 1.165) is 54.4 Å². The van der Waals surface area contributed by atoms with Crippen LogP contribution in [0.15, 0.2) is 12.3 Å². The summed E-state index contributed by atoms with van der Waals surface area (Å²) in [5, 5.41) is 7.12. The molecule has 1 atom stereocenters. The molecule has 0 bridgehead atoms. The Kier molecular flexibility index (Phi) is 8.02. The molecule has 36 heavy (non-hydrogen) atoms. The van der Waals surface area contributed by atoms with E-state index in [9.17, 15) is 18.0 Å². The highest BCUT2D eigenvalue weighted by Crippen LogP contribution is 2.28. The van der Waals surface area contributed by atoms with E-state index in [-0.39, 0.29) is 17.8 Å². The topological polar surface area (TPSA) is 129 Å². The summed E-state index contributed by atoms with van der Waals surface area (Å²) >= 11 is 0. The van der Waals surface area contributed by atoms with Crippen molar-refractivity contribution in [3.05, 3.63) is 40.5 Å². The van der Waals surface area contributed by atoms with Crippen LogP contribution in [0.4, 0.5) is 24.8 Å². The number of fused-ring (bicyclic) bond motifs is 1. The Morgan fingerprint density at radius 1 is 1.19 bits per heavy atom. The molecule has 0 aliphatic carbocycles. The van der Waals surface area contributed by atoms with Crippen molar-refractivity contribution in [2.24, 2.45) is 5.73 Å². The van der Waals surface area contributed by atoms with E-state index in [0.29, 0.717) is 13.1 Å². The number of anilines is 2. The van der Waals surface area contributed by atoms with Crippen LogP contribution < -0.4 is 15.5 Å². The maximum Gasteiger partial charge on any atom is 0.490 e. The van der Waals surface area contributed by atoms with Crippen molar-refractivity contribution in [1.29, 1.82) is 0 Å². The van der Waals surface area contributed by atoms with Gasteiger partial charge < -0.3 is 25.5 Å². The van der Waals surface area contributed by atoms with Gasteiger partial charge >= 0.3 is 12.1 Å². The van der Waals surface area contributed by atoms with Crippen LogP contribution in [0.25, 0.3) is 0 Å². The average Bonchev–Trinajstić information content (AvgIpc) is 3.25. The van der Waals surface area contributed by atoms with Gasteiger partial charge in [0, 0.05) is 69.3 Å². The maximum atomic E-state index is 13.3. The number of pyridine rings is 1. The number of rotatable bonds is 3. The third-order valence-electron chi connectivity index (χ3n) is 6.16. The standard InChI is InChI=1S/C21H29N7O.C2HF3O2/c1-13-14(2)24-18(25-19(13)27-10-7-16(22)11-27)21(29)28-9-6-15-5-8-23-20(26(3)4)17(15)12-28;3-2(4,5)1(6)7/h5,8,16H,6-7,9-12,22H2,1-4H3;(H,6,7)/t16-;/m1./s1. The van der Waals surface area contributed by atoms with Crippen LogP contribution in [0.5, 0.6) is 0 Å². The highest BCUT2D eigenvalue weighted by atomic mass is 19.4. The number of halogens is 3. The average molecular weight is 510 g/mol. The normalized spacial score (nSPS) is 17.3. The van der Waals surface area contributed by atoms with E-state index < -0.39 is 12.1 Å². The van der Waals surface area contributed by atoms with Crippen molar-refractivity contribution >= 4 is 23.5 Å². The summed E-state index contributed by atoms with van der Waals surface area (Å²) in [4.78, 5) is 41.9. The molecule has 4 heterocycles. The van der Waals surface area contributed by atoms with Crippen LogP contribution in [-0.4, -0.2) is 82.8 Å². The Morgan fingerprint density at radius 3 is 2.42 bits per heavy atom. The number of nitrogens with two attached hydrogens (primary N) is 1. The van der Waals surface area contributed by atoms with Crippen molar-refractivity contribution in [1.82, 2.24) is 19.9 Å². The Bertz CT molecular complexity index is 1140. The number of aryl methyl sites for hydroxylation is 1. The number of nitrogens with zero attached hydrogens (tertiary/aromatic N) is 6. The van der Waals surface area contributed by atoms with Crippen LogP contribution in [0.1, 0.15) is 39.4 Å². The number of carboxylic acid groups (broad SMARTS) is 1. The predicted molar refractivity (Wildman–Crippen MR) is 127 cm³/mol. The van der Waals surface area contributed by atoms with Gasteiger partial charge in [-0.05, 0) is 38.3 Å². The fraction of sp³-hybridized carbons (Fsp3) is 0.522. The maximum absolute atomic E-state index is 13.3. The molecule has 0 spiro atoms. The number of hydrogen-bond donors (Lipinski definition) is 2. The Morgan fingerprint density at radius 2 is 1.86 bits per heavy atom. The first-order valence-electron chi connectivity index (χ1n) is 11.4. The van der Waals surface area contributed by atoms with Crippen molar-refractivity contribution < 1.29 is 27.9 Å². The lowest BCUT2D eigenvalue weighted by atomic mass is 10.0. The fourth-order valence-electron chi connectivity index (χ4n) is 4.15. The smallest absolute Gasteiger partial charge is 0.475 e. The van der Waals surface area contributed by atoms with Gasteiger partial charge in [0.05, 0.1) is 0 Å². The summed E-state index contributed by atoms with van der Waals surface area (Å²) < 4.78 is 31.7. The molecule has 0 saturated carbocycles. The molecule has 0 unspecified atom stereocenters. The van der Waals surface area contributed by atoms with E-state index >= 15 is 0 Å². The minimum Gasteiger partial charge on any atom is -0.475 e. The molecule has 2 aromatic rings. The molecule has 0 radical (unpaired) electrons. The van der Waals surface area contributed by atoms with Crippen LogP contribution in [-0.2, 0) is 17.8 Å². The van der Waals surface area contributed by atoms with Gasteiger partial charge in [0.1, 0.15) is 11.6 Å². The van der Waals surface area contributed by atoms with Gasteiger partial charge in [-0.3, -0.25) is 4.79 Å². The van der Waals surface area contributed by atoms with Gasteiger partial charge in [0.2, 0.25) is 5.82 Å². The number of carboxylic acids is 1. The summed E-state index contributed by atoms with van der Waals surface area (Å²) in [5.74, 6) is -0.874. The Balaban J connectivity index is 0.000000454. The lowest BCUT2D eigenvalue weighted by Gasteiger charge is -2.31. The Labute approximate surface area is 206 Å². The number of hydrogen-bond acceptors (Lipinski definition) is 8. The zero-order valence-electron chi connectivity index (χ0n) is 20.6. The van der Waals surface area contributed by atoms with E-state index in [1.165, 1.54) is 5.56 Å². The molecule has 4 rings (SSSR count). The molecule has 0 aromatic carbocycles. The van der Waals surface area contributed by atoms with Gasteiger partial charge in [-0.1, -0.05) is 0 Å². The molecule has 10 nitrogen and oxygen atoms in total. The van der Waals surface area contributed by atoms with Crippen molar-refractivity contribution in [3.8, 4) is 0 Å². The first-order chi connectivity index (χ1) is 16.8. The molecule has 1 fully saturated rings. The lowest BCUT2D eigenvalue weighted by Crippen LogP contribution is -2.38. The minimum atomic E-state index is -5.08. The van der Waals surface area contributed by atoms with Crippen molar-refractivity contribution in [3.63, 3.8) is 0 Å². The number of carbonyl (C=O) groups is 2. The summed E-state index contributed by atoms with van der Waals surface area (Å²) in [5.41, 5.74) is 10.3. The highest BCUT2D eigenvalue weighted by Gasteiger charge is 2.38. The quantitative estimate of drug-likeness (QED) is 0.638. The molecule has 196 valence electrons. The van der Waals surface area contributed by atoms with E-state index in [1.807, 2.05) is 50.0 Å². The van der Waals surface area contributed by atoms with Crippen LogP contribution in [0, 0.1) is 13.8 Å². The second-order valence-electron chi connectivity index (χ2n) is 9.02. The number of aromatic nitrogens is 3. The minimum absolute atomic E-state index is 0.128. The molecular formula is C23H30F3N7O3.